The van der Waals surface area contributed by atoms with Crippen LogP contribution in [0.4, 0.5) is 11.4 Å². The van der Waals surface area contributed by atoms with Gasteiger partial charge in [0.2, 0.25) is 0 Å². The van der Waals surface area contributed by atoms with E-state index in [4.69, 9.17) is 16.3 Å². The number of anilines is 2. The average Bonchev–Trinajstić information content (AvgIpc) is 3.30. The van der Waals surface area contributed by atoms with Gasteiger partial charge in [-0.3, -0.25) is 9.59 Å². The van der Waals surface area contributed by atoms with Gasteiger partial charge in [-0.05, 0) is 48.7 Å². The third kappa shape index (κ3) is 3.77. The molecule has 29 heavy (non-hydrogen) atoms. The summed E-state index contributed by atoms with van der Waals surface area (Å²) in [7, 11) is 0. The maximum Gasteiger partial charge on any atom is 0.282 e. The number of nitrogens with zero attached hydrogens (tertiary/aromatic N) is 1. The molecule has 1 N–H and O–H groups in total. The number of imide groups is 1. The summed E-state index contributed by atoms with van der Waals surface area (Å²) in [5, 5.41) is 5.45. The molecule has 0 unspecified atom stereocenters. The Morgan fingerprint density at radius 2 is 1.86 bits per heavy atom. The Balaban J connectivity index is 1.76. The lowest BCUT2D eigenvalue weighted by molar-refractivity contribution is -0.120. The van der Waals surface area contributed by atoms with Crippen LogP contribution in [0.25, 0.3) is 5.57 Å². The highest BCUT2D eigenvalue weighted by Gasteiger charge is 2.40. The molecule has 0 atom stereocenters. The second-order valence-electron chi connectivity index (χ2n) is 6.24. The molecule has 2 aromatic carbocycles. The Labute approximate surface area is 177 Å². The smallest absolute Gasteiger partial charge is 0.282 e. The van der Waals surface area contributed by atoms with Crippen molar-refractivity contribution in [1.29, 1.82) is 0 Å². The molecule has 1 aliphatic rings. The van der Waals surface area contributed by atoms with Crippen LogP contribution in [-0.2, 0) is 9.59 Å². The molecule has 3 aromatic rings. The van der Waals surface area contributed by atoms with Gasteiger partial charge in [0.1, 0.15) is 11.4 Å². The monoisotopic (exact) mass is 424 g/mol. The van der Waals surface area contributed by atoms with Crippen molar-refractivity contribution in [2.24, 2.45) is 0 Å². The summed E-state index contributed by atoms with van der Waals surface area (Å²) in [6.45, 7) is 2.44. The molecule has 0 fully saturated rings. The Morgan fingerprint density at radius 3 is 2.59 bits per heavy atom. The van der Waals surface area contributed by atoms with E-state index >= 15 is 0 Å². The number of thiophene rings is 1. The van der Waals surface area contributed by atoms with E-state index in [1.807, 2.05) is 42.6 Å². The van der Waals surface area contributed by atoms with Gasteiger partial charge in [0.05, 0.1) is 17.9 Å². The van der Waals surface area contributed by atoms with E-state index in [-0.39, 0.29) is 11.6 Å². The Morgan fingerprint density at radius 1 is 1.03 bits per heavy atom. The summed E-state index contributed by atoms with van der Waals surface area (Å²) >= 11 is 7.48. The molecular formula is C22H17ClN2O3S. The first-order valence-corrected chi connectivity index (χ1v) is 10.3. The summed E-state index contributed by atoms with van der Waals surface area (Å²) in [5.41, 5.74) is 1.66. The SMILES string of the molecule is CCOc1cccc(NC2=C(c3cccs3)C(=O)N(c3cccc(Cl)c3)C2=O)c1. The topological polar surface area (TPSA) is 58.6 Å². The van der Waals surface area contributed by atoms with Crippen LogP contribution in [0.1, 0.15) is 11.8 Å². The molecule has 7 heteroatoms. The normalized spacial score (nSPS) is 13.9. The van der Waals surface area contributed by atoms with Gasteiger partial charge in [0.15, 0.2) is 0 Å². The lowest BCUT2D eigenvalue weighted by Gasteiger charge is -2.15. The summed E-state index contributed by atoms with van der Waals surface area (Å²) in [4.78, 5) is 28.4. The highest BCUT2D eigenvalue weighted by atomic mass is 35.5. The number of ether oxygens (including phenoxy) is 1. The Kier molecular flexibility index (Phi) is 5.38. The number of hydrogen-bond donors (Lipinski definition) is 1. The number of carbonyl (C=O) groups is 2. The van der Waals surface area contributed by atoms with Gasteiger partial charge in [-0.2, -0.15) is 0 Å². The number of amides is 2. The molecule has 0 saturated carbocycles. The fourth-order valence-corrected chi connectivity index (χ4v) is 4.07. The largest absolute Gasteiger partial charge is 0.494 e. The number of rotatable bonds is 6. The first-order chi connectivity index (χ1) is 14.1. The zero-order chi connectivity index (χ0) is 20.4. The van der Waals surface area contributed by atoms with E-state index in [0.717, 1.165) is 9.78 Å². The van der Waals surface area contributed by atoms with Gasteiger partial charge >= 0.3 is 0 Å². The third-order valence-corrected chi connectivity index (χ3v) is 5.45. The van der Waals surface area contributed by atoms with Crippen LogP contribution >= 0.6 is 22.9 Å². The van der Waals surface area contributed by atoms with Crippen LogP contribution in [-0.4, -0.2) is 18.4 Å². The number of nitrogens with one attached hydrogen (secondary N) is 1. The third-order valence-electron chi connectivity index (χ3n) is 4.33. The Hall–Kier alpha value is -3.09. The fraction of sp³-hybridized carbons (Fsp3) is 0.0909. The molecule has 0 spiro atoms. The van der Waals surface area contributed by atoms with Crippen molar-refractivity contribution in [3.8, 4) is 5.75 Å². The second kappa shape index (κ2) is 8.11. The minimum Gasteiger partial charge on any atom is -0.494 e. The number of halogens is 1. The number of benzene rings is 2. The highest BCUT2D eigenvalue weighted by molar-refractivity contribution is 7.11. The van der Waals surface area contributed by atoms with Crippen LogP contribution in [0, 0.1) is 0 Å². The van der Waals surface area contributed by atoms with Crippen molar-refractivity contribution in [2.45, 2.75) is 6.92 Å². The average molecular weight is 425 g/mol. The van der Waals surface area contributed by atoms with E-state index < -0.39 is 5.91 Å². The van der Waals surface area contributed by atoms with Crippen molar-refractivity contribution in [3.05, 3.63) is 81.6 Å². The van der Waals surface area contributed by atoms with Gasteiger partial charge in [0.25, 0.3) is 11.8 Å². The molecule has 0 saturated heterocycles. The molecule has 2 amide bonds. The van der Waals surface area contributed by atoms with Crippen molar-refractivity contribution in [3.63, 3.8) is 0 Å². The van der Waals surface area contributed by atoms with Crippen LogP contribution in [0.3, 0.4) is 0 Å². The molecule has 146 valence electrons. The van der Waals surface area contributed by atoms with Crippen molar-refractivity contribution >= 4 is 51.7 Å². The Bertz CT molecular complexity index is 1110. The molecule has 1 aliphatic heterocycles. The van der Waals surface area contributed by atoms with Crippen LogP contribution in [0.5, 0.6) is 5.75 Å². The molecule has 4 rings (SSSR count). The number of hydrogen-bond acceptors (Lipinski definition) is 5. The van der Waals surface area contributed by atoms with Gasteiger partial charge in [0, 0.05) is 21.7 Å². The molecular weight excluding hydrogens is 408 g/mol. The quantitative estimate of drug-likeness (QED) is 0.553. The van der Waals surface area contributed by atoms with E-state index in [0.29, 0.717) is 34.3 Å². The zero-order valence-corrected chi connectivity index (χ0v) is 17.1. The minimum atomic E-state index is -0.428. The van der Waals surface area contributed by atoms with Gasteiger partial charge in [-0.15, -0.1) is 11.3 Å². The first kappa shape index (κ1) is 19.2. The lowest BCUT2D eigenvalue weighted by atomic mass is 10.2. The van der Waals surface area contributed by atoms with Crippen LogP contribution < -0.4 is 15.0 Å². The van der Waals surface area contributed by atoms with Crippen LogP contribution in [0.2, 0.25) is 5.02 Å². The van der Waals surface area contributed by atoms with Crippen molar-refractivity contribution in [1.82, 2.24) is 0 Å². The molecule has 0 aliphatic carbocycles. The van der Waals surface area contributed by atoms with Gasteiger partial charge in [-0.1, -0.05) is 29.8 Å². The maximum absolute atomic E-state index is 13.3. The van der Waals surface area contributed by atoms with E-state index in [9.17, 15) is 9.59 Å². The highest BCUT2D eigenvalue weighted by Crippen LogP contribution is 2.36. The molecule has 1 aromatic heterocycles. The molecule has 0 bridgehead atoms. The summed E-state index contributed by atoms with van der Waals surface area (Å²) in [5.74, 6) is -0.134. The van der Waals surface area contributed by atoms with Crippen molar-refractivity contribution < 1.29 is 14.3 Å². The molecule has 0 radical (unpaired) electrons. The molecule has 2 heterocycles. The van der Waals surface area contributed by atoms with E-state index in [1.165, 1.54) is 11.3 Å². The summed E-state index contributed by atoms with van der Waals surface area (Å²) in [6, 6.07) is 17.6. The summed E-state index contributed by atoms with van der Waals surface area (Å²) < 4.78 is 5.53. The lowest BCUT2D eigenvalue weighted by Crippen LogP contribution is -2.32. The summed E-state index contributed by atoms with van der Waals surface area (Å²) in [6.07, 6.45) is 0. The predicted octanol–water partition coefficient (Wildman–Crippen LogP) is 5.20. The standard InChI is InChI=1S/C22H17ClN2O3S/c1-2-28-17-9-4-7-15(13-17)24-20-19(18-10-5-11-29-18)21(26)25(22(20)27)16-8-3-6-14(23)12-16/h3-13,24H,2H2,1H3. The fourth-order valence-electron chi connectivity index (χ4n) is 3.12. The zero-order valence-electron chi connectivity index (χ0n) is 15.5. The molecule has 5 nitrogen and oxygen atoms in total. The van der Waals surface area contributed by atoms with E-state index in [1.54, 1.807) is 30.3 Å². The minimum absolute atomic E-state index is 0.228. The van der Waals surface area contributed by atoms with Crippen molar-refractivity contribution in [2.75, 3.05) is 16.8 Å². The van der Waals surface area contributed by atoms with Crippen LogP contribution in [0.15, 0.2) is 71.7 Å². The second-order valence-corrected chi connectivity index (χ2v) is 7.62. The van der Waals surface area contributed by atoms with Gasteiger partial charge in [-0.25, -0.2) is 4.90 Å². The van der Waals surface area contributed by atoms with Gasteiger partial charge < -0.3 is 10.1 Å². The number of carbonyl (C=O) groups excluding carboxylic acids is 2. The maximum atomic E-state index is 13.3. The predicted molar refractivity (Wildman–Crippen MR) is 116 cm³/mol. The first-order valence-electron chi connectivity index (χ1n) is 9.01. The van der Waals surface area contributed by atoms with E-state index in [2.05, 4.69) is 5.32 Å².